The van der Waals surface area contributed by atoms with Gasteiger partial charge in [-0.3, -0.25) is 4.79 Å². The first-order valence-electron chi connectivity index (χ1n) is 6.79. The van der Waals surface area contributed by atoms with Crippen LogP contribution in [0.4, 0.5) is 0 Å². The van der Waals surface area contributed by atoms with Crippen molar-refractivity contribution in [2.24, 2.45) is 0 Å². The van der Waals surface area contributed by atoms with Gasteiger partial charge in [-0.1, -0.05) is 29.8 Å². The van der Waals surface area contributed by atoms with Crippen LogP contribution in [0.25, 0.3) is 0 Å². The molecule has 1 aromatic rings. The number of carbonyl (C=O) groups excluding carboxylic acids is 1. The third-order valence-electron chi connectivity index (χ3n) is 2.82. The van der Waals surface area contributed by atoms with Crippen molar-refractivity contribution in [1.82, 2.24) is 4.90 Å². The highest BCUT2D eigenvalue weighted by Crippen LogP contribution is 2.10. The van der Waals surface area contributed by atoms with Crippen LogP contribution in [0.1, 0.15) is 38.8 Å². The molecule has 0 heterocycles. The van der Waals surface area contributed by atoms with Gasteiger partial charge in [-0.2, -0.15) is 0 Å². The summed E-state index contributed by atoms with van der Waals surface area (Å²) in [6.07, 6.45) is 0. The van der Waals surface area contributed by atoms with E-state index in [1.807, 2.05) is 44.7 Å². The van der Waals surface area contributed by atoms with E-state index >= 15 is 0 Å². The second-order valence-corrected chi connectivity index (χ2v) is 5.80. The molecule has 0 aliphatic rings. The Kier molecular flexibility index (Phi) is 5.55. The van der Waals surface area contributed by atoms with Gasteiger partial charge >= 0.3 is 0 Å². The van der Waals surface area contributed by atoms with E-state index in [-0.39, 0.29) is 18.1 Å². The predicted octanol–water partition coefficient (Wildman–Crippen LogP) is 3.16. The minimum Gasteiger partial charge on any atom is -0.366 e. The molecule has 0 saturated heterocycles. The molecule has 0 saturated carbocycles. The topological polar surface area (TPSA) is 29.5 Å². The Morgan fingerprint density at radius 3 is 2.53 bits per heavy atom. The fraction of sp³-hybridized carbons (Fsp3) is 0.562. The fourth-order valence-corrected chi connectivity index (χ4v) is 1.78. The van der Waals surface area contributed by atoms with Crippen LogP contribution >= 0.6 is 0 Å². The Labute approximate surface area is 116 Å². The van der Waals surface area contributed by atoms with Gasteiger partial charge in [0.15, 0.2) is 0 Å². The predicted molar refractivity (Wildman–Crippen MR) is 78.0 cm³/mol. The van der Waals surface area contributed by atoms with Gasteiger partial charge in [-0.25, -0.2) is 0 Å². The SMILES string of the molecule is CCN(Cc1cccc(C)c1)C(=O)COC(C)(C)C. The van der Waals surface area contributed by atoms with Crippen LogP contribution in [-0.4, -0.2) is 29.6 Å². The summed E-state index contributed by atoms with van der Waals surface area (Å²) in [6, 6.07) is 8.24. The second-order valence-electron chi connectivity index (χ2n) is 5.80. The zero-order valence-electron chi connectivity index (χ0n) is 12.7. The summed E-state index contributed by atoms with van der Waals surface area (Å²) >= 11 is 0. The van der Waals surface area contributed by atoms with Crippen LogP contribution in [0, 0.1) is 6.92 Å². The average Bonchev–Trinajstić information content (AvgIpc) is 2.32. The second kappa shape index (κ2) is 6.71. The summed E-state index contributed by atoms with van der Waals surface area (Å²) in [5.41, 5.74) is 2.09. The Morgan fingerprint density at radius 2 is 2.00 bits per heavy atom. The van der Waals surface area contributed by atoms with E-state index in [2.05, 4.69) is 19.1 Å². The van der Waals surface area contributed by atoms with Crippen molar-refractivity contribution < 1.29 is 9.53 Å². The molecule has 106 valence electrons. The Bertz CT molecular complexity index is 421. The van der Waals surface area contributed by atoms with Crippen LogP contribution in [0.2, 0.25) is 0 Å². The Morgan fingerprint density at radius 1 is 1.32 bits per heavy atom. The first-order chi connectivity index (χ1) is 8.81. The smallest absolute Gasteiger partial charge is 0.248 e. The zero-order valence-corrected chi connectivity index (χ0v) is 12.7. The molecular weight excluding hydrogens is 238 g/mol. The molecule has 0 bridgehead atoms. The Hall–Kier alpha value is -1.35. The van der Waals surface area contributed by atoms with E-state index < -0.39 is 0 Å². The fourth-order valence-electron chi connectivity index (χ4n) is 1.78. The third-order valence-corrected chi connectivity index (χ3v) is 2.82. The molecule has 0 atom stereocenters. The van der Waals surface area contributed by atoms with Crippen LogP contribution < -0.4 is 0 Å². The molecule has 1 rings (SSSR count). The highest BCUT2D eigenvalue weighted by Gasteiger charge is 2.17. The number of hydrogen-bond donors (Lipinski definition) is 0. The lowest BCUT2D eigenvalue weighted by Crippen LogP contribution is -2.36. The summed E-state index contributed by atoms with van der Waals surface area (Å²) in [7, 11) is 0. The van der Waals surface area contributed by atoms with Crippen molar-refractivity contribution >= 4 is 5.91 Å². The Balaban J connectivity index is 2.60. The summed E-state index contributed by atoms with van der Waals surface area (Å²) in [5.74, 6) is 0.0407. The van der Waals surface area contributed by atoms with Gasteiger partial charge in [0.05, 0.1) is 5.60 Å². The molecule has 0 unspecified atom stereocenters. The number of likely N-dealkylation sites (N-methyl/N-ethyl adjacent to an activating group) is 1. The molecule has 1 amide bonds. The molecule has 0 radical (unpaired) electrons. The number of ether oxygens (including phenoxy) is 1. The van der Waals surface area contributed by atoms with Crippen molar-refractivity contribution in [3.8, 4) is 0 Å². The van der Waals surface area contributed by atoms with E-state index in [9.17, 15) is 4.79 Å². The standard InChI is InChI=1S/C16H25NO2/c1-6-17(15(18)12-19-16(3,4)5)11-14-9-7-8-13(2)10-14/h7-10H,6,11-12H2,1-5H3. The maximum absolute atomic E-state index is 12.1. The largest absolute Gasteiger partial charge is 0.366 e. The molecule has 0 N–H and O–H groups in total. The minimum atomic E-state index is -0.279. The molecule has 0 aliphatic heterocycles. The number of amides is 1. The molecule has 3 heteroatoms. The van der Waals surface area contributed by atoms with Crippen molar-refractivity contribution in [3.05, 3.63) is 35.4 Å². The minimum absolute atomic E-state index is 0.0407. The van der Waals surface area contributed by atoms with E-state index in [1.54, 1.807) is 0 Å². The maximum atomic E-state index is 12.1. The number of hydrogen-bond acceptors (Lipinski definition) is 2. The average molecular weight is 263 g/mol. The van der Waals surface area contributed by atoms with Gasteiger partial charge in [0.1, 0.15) is 6.61 Å². The first-order valence-corrected chi connectivity index (χ1v) is 6.79. The molecule has 19 heavy (non-hydrogen) atoms. The van der Waals surface area contributed by atoms with Gasteiger partial charge in [-0.05, 0) is 40.2 Å². The highest BCUT2D eigenvalue weighted by atomic mass is 16.5. The van der Waals surface area contributed by atoms with Crippen molar-refractivity contribution in [1.29, 1.82) is 0 Å². The lowest BCUT2D eigenvalue weighted by Gasteiger charge is -2.24. The summed E-state index contributed by atoms with van der Waals surface area (Å²) < 4.78 is 5.54. The normalized spacial score (nSPS) is 11.4. The quantitative estimate of drug-likeness (QED) is 0.816. The van der Waals surface area contributed by atoms with E-state index in [4.69, 9.17) is 4.74 Å². The molecule has 1 aromatic carbocycles. The lowest BCUT2D eigenvalue weighted by molar-refractivity contribution is -0.141. The molecule has 0 spiro atoms. The van der Waals surface area contributed by atoms with Crippen molar-refractivity contribution in [2.45, 2.75) is 46.8 Å². The van der Waals surface area contributed by atoms with Gasteiger partial charge in [-0.15, -0.1) is 0 Å². The monoisotopic (exact) mass is 263 g/mol. The molecule has 0 aromatic heterocycles. The molecular formula is C16H25NO2. The molecule has 0 fully saturated rings. The van der Waals surface area contributed by atoms with Gasteiger partial charge in [0, 0.05) is 13.1 Å². The zero-order chi connectivity index (χ0) is 14.5. The van der Waals surface area contributed by atoms with Crippen LogP contribution in [0.15, 0.2) is 24.3 Å². The van der Waals surface area contributed by atoms with E-state index in [1.165, 1.54) is 5.56 Å². The molecule has 3 nitrogen and oxygen atoms in total. The number of benzene rings is 1. The van der Waals surface area contributed by atoms with E-state index in [0.717, 1.165) is 5.56 Å². The number of nitrogens with zero attached hydrogens (tertiary/aromatic N) is 1. The third kappa shape index (κ3) is 5.88. The van der Waals surface area contributed by atoms with Crippen molar-refractivity contribution in [3.63, 3.8) is 0 Å². The molecule has 0 aliphatic carbocycles. The summed E-state index contributed by atoms with van der Waals surface area (Å²) in [6.45, 7) is 11.4. The van der Waals surface area contributed by atoms with E-state index in [0.29, 0.717) is 13.1 Å². The first kappa shape index (κ1) is 15.7. The summed E-state index contributed by atoms with van der Waals surface area (Å²) in [4.78, 5) is 13.9. The van der Waals surface area contributed by atoms with Gasteiger partial charge in [0.25, 0.3) is 0 Å². The highest BCUT2D eigenvalue weighted by molar-refractivity contribution is 5.77. The van der Waals surface area contributed by atoms with Gasteiger partial charge in [0.2, 0.25) is 5.91 Å². The number of aryl methyl sites for hydroxylation is 1. The van der Waals surface area contributed by atoms with Crippen LogP contribution in [-0.2, 0) is 16.1 Å². The van der Waals surface area contributed by atoms with Crippen LogP contribution in [0.3, 0.4) is 0 Å². The lowest BCUT2D eigenvalue weighted by atomic mass is 10.1. The van der Waals surface area contributed by atoms with Crippen LogP contribution in [0.5, 0.6) is 0 Å². The summed E-state index contributed by atoms with van der Waals surface area (Å²) in [5, 5.41) is 0. The maximum Gasteiger partial charge on any atom is 0.248 e. The van der Waals surface area contributed by atoms with Gasteiger partial charge < -0.3 is 9.64 Å². The number of rotatable bonds is 5. The van der Waals surface area contributed by atoms with Crippen molar-refractivity contribution in [2.75, 3.05) is 13.2 Å². The number of carbonyl (C=O) groups is 1.